The third-order valence-electron chi connectivity index (χ3n) is 4.12. The molecule has 3 rings (SSSR count). The highest BCUT2D eigenvalue weighted by atomic mass is 16.5. The van der Waals surface area contributed by atoms with Crippen molar-refractivity contribution in [2.75, 3.05) is 31.3 Å². The van der Waals surface area contributed by atoms with E-state index in [0.717, 1.165) is 11.1 Å². The summed E-state index contributed by atoms with van der Waals surface area (Å²) in [6, 6.07) is 12.7. The molecule has 1 heterocycles. The molecule has 26 heavy (non-hydrogen) atoms. The van der Waals surface area contributed by atoms with Gasteiger partial charge in [0.05, 0.1) is 5.69 Å². The lowest BCUT2D eigenvalue weighted by molar-refractivity contribution is -0.129. The van der Waals surface area contributed by atoms with Crippen LogP contribution < -0.4 is 15.4 Å². The summed E-state index contributed by atoms with van der Waals surface area (Å²) in [7, 11) is 3.31. The molecule has 1 aliphatic rings. The minimum Gasteiger partial charge on any atom is -0.449 e. The van der Waals surface area contributed by atoms with Gasteiger partial charge in [-0.2, -0.15) is 0 Å². The summed E-state index contributed by atoms with van der Waals surface area (Å²) in [5.41, 5.74) is 8.86. The van der Waals surface area contributed by atoms with E-state index in [9.17, 15) is 9.59 Å². The first-order valence-corrected chi connectivity index (χ1v) is 8.23. The maximum atomic E-state index is 12.9. The molecule has 2 aromatic rings. The van der Waals surface area contributed by atoms with E-state index in [-0.39, 0.29) is 24.1 Å². The highest BCUT2D eigenvalue weighted by Gasteiger charge is 2.32. The Morgan fingerprint density at radius 3 is 2.54 bits per heavy atom. The second-order valence-corrected chi connectivity index (χ2v) is 6.43. The predicted octanol–water partition coefficient (Wildman–Crippen LogP) is 2.43. The third kappa shape index (κ3) is 3.54. The molecule has 1 aliphatic heterocycles. The average molecular weight is 351 g/mol. The maximum Gasteiger partial charge on any atom is 0.294 e. The molecule has 2 N–H and O–H groups in total. The van der Waals surface area contributed by atoms with Crippen molar-refractivity contribution in [2.24, 2.45) is 0 Å². The fourth-order valence-electron chi connectivity index (χ4n) is 2.58. The summed E-state index contributed by atoms with van der Waals surface area (Å²) in [4.78, 5) is 28.0. The van der Waals surface area contributed by atoms with Gasteiger partial charge in [0.15, 0.2) is 11.5 Å². The van der Waals surface area contributed by atoms with E-state index in [1.807, 2.05) is 31.2 Å². The number of amides is 2. The number of nitrogen functional groups attached to an aromatic ring is 1. The first-order valence-electron chi connectivity index (χ1n) is 8.23. The van der Waals surface area contributed by atoms with Crippen LogP contribution >= 0.6 is 0 Å². The van der Waals surface area contributed by atoms with Gasteiger partial charge in [0.1, 0.15) is 6.54 Å². The average Bonchev–Trinajstić information content (AvgIpc) is 2.60. The lowest BCUT2D eigenvalue weighted by Crippen LogP contribution is -2.43. The monoisotopic (exact) mass is 351 g/mol. The van der Waals surface area contributed by atoms with E-state index in [1.165, 1.54) is 9.80 Å². The van der Waals surface area contributed by atoms with Crippen LogP contribution in [0.15, 0.2) is 48.2 Å². The zero-order valence-electron chi connectivity index (χ0n) is 15.0. The van der Waals surface area contributed by atoms with Gasteiger partial charge in [-0.25, -0.2) is 0 Å². The van der Waals surface area contributed by atoms with E-state index in [4.69, 9.17) is 10.5 Å². The Kier molecular flexibility index (Phi) is 4.67. The number of hydrogen-bond acceptors (Lipinski definition) is 4. The van der Waals surface area contributed by atoms with Crippen LogP contribution in [0.4, 0.5) is 11.4 Å². The molecule has 6 heteroatoms. The molecule has 0 spiro atoms. The topological polar surface area (TPSA) is 75.9 Å². The Balaban J connectivity index is 2.02. The molecule has 0 radical (unpaired) electrons. The van der Waals surface area contributed by atoms with Gasteiger partial charge in [-0.3, -0.25) is 14.5 Å². The van der Waals surface area contributed by atoms with Gasteiger partial charge >= 0.3 is 0 Å². The number of carbonyl (C=O) groups is 2. The van der Waals surface area contributed by atoms with Crippen molar-refractivity contribution < 1.29 is 14.3 Å². The number of nitrogens with two attached hydrogens (primary N) is 1. The van der Waals surface area contributed by atoms with Gasteiger partial charge in [0.25, 0.3) is 5.91 Å². The number of fused-ring (bicyclic) bond motifs is 1. The van der Waals surface area contributed by atoms with Gasteiger partial charge < -0.3 is 15.4 Å². The van der Waals surface area contributed by atoms with Crippen LogP contribution in [0.3, 0.4) is 0 Å². The normalized spacial score (nSPS) is 14.8. The number of ether oxygens (including phenoxy) is 1. The van der Waals surface area contributed by atoms with Crippen molar-refractivity contribution in [1.82, 2.24) is 4.90 Å². The van der Waals surface area contributed by atoms with Crippen LogP contribution in [0, 0.1) is 6.92 Å². The standard InChI is InChI=1S/C20H21N3O3/c1-13-4-6-14(7-5-13)10-18-20(25)23(12-19(24)22(2)3)16-9-8-15(21)11-17(16)26-18/h4-11H,12,21H2,1-3H3/b18-10+. The maximum absolute atomic E-state index is 12.9. The molecule has 2 aromatic carbocycles. The Hall–Kier alpha value is -3.28. The summed E-state index contributed by atoms with van der Waals surface area (Å²) in [5.74, 6) is 0.0591. The van der Waals surface area contributed by atoms with Crippen molar-refractivity contribution >= 4 is 29.3 Å². The number of likely N-dealkylation sites (N-methyl/N-ethyl adjacent to an activating group) is 1. The predicted molar refractivity (Wildman–Crippen MR) is 102 cm³/mol. The smallest absolute Gasteiger partial charge is 0.294 e. The zero-order chi connectivity index (χ0) is 18.8. The second-order valence-electron chi connectivity index (χ2n) is 6.43. The van der Waals surface area contributed by atoms with Crippen LogP contribution in [-0.2, 0) is 9.59 Å². The molecular weight excluding hydrogens is 330 g/mol. The highest BCUT2D eigenvalue weighted by Crippen LogP contribution is 2.37. The van der Waals surface area contributed by atoms with Crippen LogP contribution in [0.25, 0.3) is 6.08 Å². The molecule has 0 atom stereocenters. The Morgan fingerprint density at radius 1 is 1.19 bits per heavy atom. The number of carbonyl (C=O) groups excluding carboxylic acids is 2. The summed E-state index contributed by atoms with van der Waals surface area (Å²) >= 11 is 0. The van der Waals surface area contributed by atoms with Crippen LogP contribution in [0.5, 0.6) is 5.75 Å². The summed E-state index contributed by atoms with van der Waals surface area (Å²) in [6.07, 6.45) is 1.67. The van der Waals surface area contributed by atoms with Crippen molar-refractivity contribution in [3.63, 3.8) is 0 Å². The van der Waals surface area contributed by atoms with E-state index in [1.54, 1.807) is 38.4 Å². The Bertz CT molecular complexity index is 886. The number of aryl methyl sites for hydroxylation is 1. The molecule has 0 unspecified atom stereocenters. The molecule has 2 amide bonds. The summed E-state index contributed by atoms with van der Waals surface area (Å²) in [6.45, 7) is 1.92. The zero-order valence-corrected chi connectivity index (χ0v) is 15.0. The molecule has 0 aliphatic carbocycles. The Morgan fingerprint density at radius 2 is 1.88 bits per heavy atom. The number of rotatable bonds is 3. The molecule has 0 saturated heterocycles. The van der Waals surface area contributed by atoms with Crippen molar-refractivity contribution in [1.29, 1.82) is 0 Å². The van der Waals surface area contributed by atoms with E-state index < -0.39 is 0 Å². The van der Waals surface area contributed by atoms with E-state index in [0.29, 0.717) is 17.1 Å². The van der Waals surface area contributed by atoms with Gasteiger partial charge in [0, 0.05) is 25.8 Å². The highest BCUT2D eigenvalue weighted by molar-refractivity contribution is 6.12. The van der Waals surface area contributed by atoms with Crippen LogP contribution in [0.1, 0.15) is 11.1 Å². The molecule has 0 aromatic heterocycles. The van der Waals surface area contributed by atoms with E-state index in [2.05, 4.69) is 0 Å². The SMILES string of the molecule is Cc1ccc(/C=C2/Oc3cc(N)ccc3N(CC(=O)N(C)C)C2=O)cc1. The number of anilines is 2. The van der Waals surface area contributed by atoms with Crippen molar-refractivity contribution in [3.8, 4) is 5.75 Å². The quantitative estimate of drug-likeness (QED) is 0.681. The first-order chi connectivity index (χ1) is 12.3. The molecule has 0 bridgehead atoms. The van der Waals surface area contributed by atoms with Crippen LogP contribution in [-0.4, -0.2) is 37.4 Å². The largest absolute Gasteiger partial charge is 0.449 e. The third-order valence-corrected chi connectivity index (χ3v) is 4.12. The molecule has 134 valence electrons. The fraction of sp³-hybridized carbons (Fsp3) is 0.200. The summed E-state index contributed by atoms with van der Waals surface area (Å²) in [5, 5.41) is 0. The fourth-order valence-corrected chi connectivity index (χ4v) is 2.58. The van der Waals surface area contributed by atoms with Gasteiger partial charge in [-0.1, -0.05) is 29.8 Å². The lowest BCUT2D eigenvalue weighted by Gasteiger charge is -2.31. The number of hydrogen-bond donors (Lipinski definition) is 1. The first kappa shape index (κ1) is 17.5. The van der Waals surface area contributed by atoms with Crippen molar-refractivity contribution in [2.45, 2.75) is 6.92 Å². The molecule has 6 nitrogen and oxygen atoms in total. The number of benzene rings is 2. The summed E-state index contributed by atoms with van der Waals surface area (Å²) < 4.78 is 5.80. The minimum absolute atomic E-state index is 0.0721. The molecule has 0 fully saturated rings. The van der Waals surface area contributed by atoms with Gasteiger partial charge in [0.2, 0.25) is 5.91 Å². The second kappa shape index (κ2) is 6.92. The number of nitrogens with zero attached hydrogens (tertiary/aromatic N) is 2. The molecular formula is C20H21N3O3. The van der Waals surface area contributed by atoms with Crippen LogP contribution in [0.2, 0.25) is 0 Å². The molecule has 0 saturated carbocycles. The lowest BCUT2D eigenvalue weighted by atomic mass is 10.1. The van der Waals surface area contributed by atoms with E-state index >= 15 is 0 Å². The minimum atomic E-state index is -0.363. The van der Waals surface area contributed by atoms with Crippen molar-refractivity contribution in [3.05, 3.63) is 59.4 Å². The van der Waals surface area contributed by atoms with Gasteiger partial charge in [-0.05, 0) is 30.7 Å². The van der Waals surface area contributed by atoms with Gasteiger partial charge in [-0.15, -0.1) is 0 Å². The Labute approximate surface area is 152 Å².